The highest BCUT2D eigenvalue weighted by Gasteiger charge is 2.40. The first-order valence-corrected chi connectivity index (χ1v) is 15.0. The smallest absolute Gasteiger partial charge is 0.253 e. The molecule has 0 unspecified atom stereocenters. The molecule has 0 aromatic heterocycles. The summed E-state index contributed by atoms with van der Waals surface area (Å²) in [5.74, 6) is 1.38. The van der Waals surface area contributed by atoms with Crippen molar-refractivity contribution in [3.05, 3.63) is 95.1 Å². The van der Waals surface area contributed by atoms with Crippen molar-refractivity contribution in [2.45, 2.75) is 57.0 Å². The standard InChI is InChI=1S/C34H40N2O5/c37-25-30-23-29(27-13-15-34(16-14-27)39-21-22-40-34)9-12-32(30)41-31-10-7-28(8-11-31)33(38)36-18-4-17-35(19-20-36)24-26-5-2-1-3-6-26/h1-3,5-12,23,27,37H,4,13-22,24-25H2. The highest BCUT2D eigenvalue weighted by molar-refractivity contribution is 5.94. The lowest BCUT2D eigenvalue weighted by molar-refractivity contribution is -0.178. The van der Waals surface area contributed by atoms with E-state index in [0.717, 1.165) is 70.4 Å². The minimum Gasteiger partial charge on any atom is -0.457 e. The molecule has 1 saturated carbocycles. The van der Waals surface area contributed by atoms with Gasteiger partial charge in [0.1, 0.15) is 11.5 Å². The van der Waals surface area contributed by atoms with Crippen LogP contribution in [0.1, 0.15) is 65.1 Å². The van der Waals surface area contributed by atoms with Gasteiger partial charge in [0, 0.05) is 56.7 Å². The maximum absolute atomic E-state index is 13.3. The molecule has 3 aromatic rings. The van der Waals surface area contributed by atoms with Gasteiger partial charge in [-0.15, -0.1) is 0 Å². The quantitative estimate of drug-likeness (QED) is 0.401. The minimum atomic E-state index is -0.372. The van der Waals surface area contributed by atoms with Gasteiger partial charge in [0.05, 0.1) is 19.8 Å². The van der Waals surface area contributed by atoms with Crippen molar-refractivity contribution >= 4 is 5.91 Å². The summed E-state index contributed by atoms with van der Waals surface area (Å²) >= 11 is 0. The Balaban J connectivity index is 1.04. The monoisotopic (exact) mass is 556 g/mol. The molecule has 3 fully saturated rings. The molecule has 3 aromatic carbocycles. The summed E-state index contributed by atoms with van der Waals surface area (Å²) in [5.41, 5.74) is 3.95. The molecular formula is C34H40N2O5. The minimum absolute atomic E-state index is 0.0566. The van der Waals surface area contributed by atoms with Gasteiger partial charge < -0.3 is 24.2 Å². The summed E-state index contributed by atoms with van der Waals surface area (Å²) in [6.45, 7) is 5.52. The third-order valence-corrected chi connectivity index (χ3v) is 8.74. The molecule has 1 N–H and O–H groups in total. The summed E-state index contributed by atoms with van der Waals surface area (Å²) in [5, 5.41) is 10.1. The Morgan fingerprint density at radius 3 is 2.39 bits per heavy atom. The van der Waals surface area contributed by atoms with E-state index >= 15 is 0 Å². The van der Waals surface area contributed by atoms with Gasteiger partial charge in [-0.05, 0) is 72.7 Å². The molecule has 2 heterocycles. The first-order chi connectivity index (χ1) is 20.1. The molecule has 1 amide bonds. The Morgan fingerprint density at radius 1 is 0.902 bits per heavy atom. The maximum atomic E-state index is 13.3. The Bertz CT molecular complexity index is 1300. The van der Waals surface area contributed by atoms with Gasteiger partial charge in [0.15, 0.2) is 5.79 Å². The number of ether oxygens (including phenoxy) is 3. The Labute approximate surface area is 242 Å². The molecule has 0 bridgehead atoms. The fraction of sp³-hybridized carbons (Fsp3) is 0.441. The number of aliphatic hydroxyl groups is 1. The molecule has 0 radical (unpaired) electrons. The van der Waals surface area contributed by atoms with Crippen LogP contribution in [-0.2, 0) is 22.6 Å². The number of hydrogen-bond acceptors (Lipinski definition) is 6. The predicted molar refractivity (Wildman–Crippen MR) is 157 cm³/mol. The average Bonchev–Trinajstić information content (AvgIpc) is 3.34. The fourth-order valence-electron chi connectivity index (χ4n) is 6.40. The summed E-state index contributed by atoms with van der Waals surface area (Å²) in [7, 11) is 0. The van der Waals surface area contributed by atoms with Crippen LogP contribution >= 0.6 is 0 Å². The first-order valence-electron chi connectivity index (χ1n) is 15.0. The van der Waals surface area contributed by atoms with Crippen LogP contribution < -0.4 is 4.74 Å². The topological polar surface area (TPSA) is 71.5 Å². The van der Waals surface area contributed by atoms with Crippen LogP contribution in [0.3, 0.4) is 0 Å². The van der Waals surface area contributed by atoms with Crippen molar-refractivity contribution in [1.82, 2.24) is 9.80 Å². The zero-order chi connectivity index (χ0) is 28.1. The van der Waals surface area contributed by atoms with Gasteiger partial charge in [-0.2, -0.15) is 0 Å². The first kappa shape index (κ1) is 27.9. The van der Waals surface area contributed by atoms with Crippen LogP contribution in [0.15, 0.2) is 72.8 Å². The molecule has 6 rings (SSSR count). The lowest BCUT2D eigenvalue weighted by Gasteiger charge is -2.35. The Kier molecular flexibility index (Phi) is 8.67. The van der Waals surface area contributed by atoms with Crippen molar-refractivity contribution < 1.29 is 24.1 Å². The maximum Gasteiger partial charge on any atom is 0.253 e. The number of benzene rings is 3. The molecule has 1 spiro atoms. The van der Waals surface area contributed by atoms with E-state index in [1.54, 1.807) is 0 Å². The highest BCUT2D eigenvalue weighted by Crippen LogP contribution is 2.43. The van der Waals surface area contributed by atoms with Gasteiger partial charge in [-0.3, -0.25) is 9.69 Å². The second kappa shape index (κ2) is 12.7. The number of nitrogens with zero attached hydrogens (tertiary/aromatic N) is 2. The number of carbonyl (C=O) groups is 1. The number of hydrogen-bond donors (Lipinski definition) is 1. The number of rotatable bonds is 7. The number of amides is 1. The van der Waals surface area contributed by atoms with Crippen molar-refractivity contribution in [3.8, 4) is 11.5 Å². The van der Waals surface area contributed by atoms with E-state index in [4.69, 9.17) is 14.2 Å². The largest absolute Gasteiger partial charge is 0.457 e. The third kappa shape index (κ3) is 6.65. The molecule has 7 nitrogen and oxygen atoms in total. The van der Waals surface area contributed by atoms with E-state index in [1.807, 2.05) is 41.3 Å². The van der Waals surface area contributed by atoms with E-state index < -0.39 is 0 Å². The third-order valence-electron chi connectivity index (χ3n) is 8.74. The van der Waals surface area contributed by atoms with Crippen molar-refractivity contribution in [2.75, 3.05) is 39.4 Å². The summed E-state index contributed by atoms with van der Waals surface area (Å²) in [6, 6.07) is 24.0. The average molecular weight is 557 g/mol. The second-order valence-corrected chi connectivity index (χ2v) is 11.4. The van der Waals surface area contributed by atoms with E-state index in [2.05, 4.69) is 41.3 Å². The zero-order valence-electron chi connectivity index (χ0n) is 23.7. The molecule has 41 heavy (non-hydrogen) atoms. The lowest BCUT2D eigenvalue weighted by Crippen LogP contribution is -2.35. The summed E-state index contributed by atoms with van der Waals surface area (Å²) in [6.07, 6.45) is 4.77. The molecule has 2 saturated heterocycles. The zero-order valence-corrected chi connectivity index (χ0v) is 23.7. The van der Waals surface area contributed by atoms with Gasteiger partial charge >= 0.3 is 0 Å². The van der Waals surface area contributed by atoms with Crippen molar-refractivity contribution in [3.63, 3.8) is 0 Å². The van der Waals surface area contributed by atoms with E-state index in [1.165, 1.54) is 11.1 Å². The van der Waals surface area contributed by atoms with Crippen LogP contribution in [0.5, 0.6) is 11.5 Å². The van der Waals surface area contributed by atoms with E-state index in [9.17, 15) is 9.90 Å². The van der Waals surface area contributed by atoms with E-state index in [-0.39, 0.29) is 18.3 Å². The van der Waals surface area contributed by atoms with Crippen LogP contribution in [0, 0.1) is 0 Å². The molecule has 2 aliphatic heterocycles. The van der Waals surface area contributed by atoms with Gasteiger partial charge in [-0.25, -0.2) is 0 Å². The normalized spacial score (nSPS) is 19.8. The Morgan fingerprint density at radius 2 is 1.66 bits per heavy atom. The molecule has 1 aliphatic carbocycles. The van der Waals surface area contributed by atoms with Gasteiger partial charge in [0.2, 0.25) is 0 Å². The molecular weight excluding hydrogens is 516 g/mol. The highest BCUT2D eigenvalue weighted by atomic mass is 16.7. The lowest BCUT2D eigenvalue weighted by atomic mass is 9.80. The van der Waals surface area contributed by atoms with Gasteiger partial charge in [0.25, 0.3) is 5.91 Å². The second-order valence-electron chi connectivity index (χ2n) is 11.4. The fourth-order valence-corrected chi connectivity index (χ4v) is 6.40. The molecule has 0 atom stereocenters. The van der Waals surface area contributed by atoms with Crippen LogP contribution in [0.2, 0.25) is 0 Å². The van der Waals surface area contributed by atoms with E-state index in [0.29, 0.717) is 36.2 Å². The van der Waals surface area contributed by atoms with Crippen LogP contribution in [-0.4, -0.2) is 66.0 Å². The number of carbonyl (C=O) groups excluding carboxylic acids is 1. The summed E-state index contributed by atoms with van der Waals surface area (Å²) < 4.78 is 17.9. The predicted octanol–water partition coefficient (Wildman–Crippen LogP) is 5.72. The van der Waals surface area contributed by atoms with Crippen molar-refractivity contribution in [1.29, 1.82) is 0 Å². The molecule has 216 valence electrons. The Hall–Kier alpha value is -3.23. The molecule has 7 heteroatoms. The van der Waals surface area contributed by atoms with Crippen LogP contribution in [0.4, 0.5) is 0 Å². The van der Waals surface area contributed by atoms with Crippen molar-refractivity contribution in [2.24, 2.45) is 0 Å². The van der Waals surface area contributed by atoms with Crippen LogP contribution in [0.25, 0.3) is 0 Å². The SMILES string of the molecule is O=C(c1ccc(Oc2ccc(C3CCC4(CC3)OCCO4)cc2CO)cc1)N1CCCN(Cc2ccccc2)CC1. The number of aliphatic hydroxyl groups excluding tert-OH is 1. The summed E-state index contributed by atoms with van der Waals surface area (Å²) in [4.78, 5) is 17.7. The molecule has 3 aliphatic rings. The van der Waals surface area contributed by atoms with Gasteiger partial charge in [-0.1, -0.05) is 36.4 Å².